The Labute approximate surface area is 180 Å². The summed E-state index contributed by atoms with van der Waals surface area (Å²) in [6.45, 7) is 8.14. The lowest BCUT2D eigenvalue weighted by Gasteiger charge is -2.23. The molecule has 0 amide bonds. The second-order valence-electron chi connectivity index (χ2n) is 8.74. The van der Waals surface area contributed by atoms with Gasteiger partial charge in [-0.15, -0.1) is 0 Å². The number of rotatable bonds is 5. The van der Waals surface area contributed by atoms with E-state index in [1.165, 1.54) is 0 Å². The number of aryl methyl sites for hydroxylation is 1. The molecule has 0 radical (unpaired) electrons. The predicted molar refractivity (Wildman–Crippen MR) is 116 cm³/mol. The summed E-state index contributed by atoms with van der Waals surface area (Å²) in [4.78, 5) is 32.1. The molecule has 0 unspecified atom stereocenters. The van der Waals surface area contributed by atoms with Crippen LogP contribution in [0.15, 0.2) is 23.4 Å². The number of likely N-dealkylation sites (tertiary alicyclic amines) is 1. The average molecular weight is 424 g/mol. The zero-order valence-electron chi connectivity index (χ0n) is 18.1. The molecule has 1 N–H and O–H groups in total. The van der Waals surface area contributed by atoms with Crippen molar-refractivity contribution >= 4 is 11.0 Å². The molecule has 0 saturated carbocycles. The smallest absolute Gasteiger partial charge is 0.262 e. The number of H-pyrrole nitrogens is 1. The Balaban J connectivity index is 1.43. The third-order valence-electron chi connectivity index (χ3n) is 6.63. The van der Waals surface area contributed by atoms with Gasteiger partial charge in [0, 0.05) is 51.2 Å². The Hall–Kier alpha value is -2.65. The van der Waals surface area contributed by atoms with Crippen LogP contribution in [-0.4, -0.2) is 60.9 Å². The van der Waals surface area contributed by atoms with Crippen LogP contribution in [0, 0.1) is 12.8 Å². The molecule has 9 heteroatoms. The molecular weight excluding hydrogens is 394 g/mol. The normalized spacial score (nSPS) is 23.0. The van der Waals surface area contributed by atoms with E-state index in [1.807, 2.05) is 24.0 Å². The van der Waals surface area contributed by atoms with Gasteiger partial charge in [0.25, 0.3) is 5.56 Å². The van der Waals surface area contributed by atoms with Crippen LogP contribution in [0.25, 0.3) is 11.0 Å². The highest BCUT2D eigenvalue weighted by atomic mass is 16.5. The highest BCUT2D eigenvalue weighted by Crippen LogP contribution is 2.34. The second kappa shape index (κ2) is 8.47. The number of aromatic amines is 1. The second-order valence-corrected chi connectivity index (χ2v) is 8.74. The van der Waals surface area contributed by atoms with Crippen molar-refractivity contribution in [3.05, 3.63) is 46.2 Å². The molecule has 3 aromatic heterocycles. The number of hydrogen-bond donors (Lipinski definition) is 1. The first-order chi connectivity index (χ1) is 15.1. The van der Waals surface area contributed by atoms with E-state index >= 15 is 0 Å². The Bertz CT molecular complexity index is 1100. The zero-order valence-corrected chi connectivity index (χ0v) is 18.1. The fourth-order valence-electron chi connectivity index (χ4n) is 4.87. The van der Waals surface area contributed by atoms with E-state index in [2.05, 4.69) is 31.9 Å². The molecule has 2 atom stereocenters. The highest BCUT2D eigenvalue weighted by molar-refractivity contribution is 5.73. The molecule has 0 spiro atoms. The number of nitrogens with one attached hydrogen (secondary N) is 1. The van der Waals surface area contributed by atoms with Gasteiger partial charge in [0.05, 0.1) is 23.6 Å². The first-order valence-electron chi connectivity index (χ1n) is 11.2. The summed E-state index contributed by atoms with van der Waals surface area (Å²) in [5.74, 6) is 1.38. The van der Waals surface area contributed by atoms with Crippen molar-refractivity contribution < 1.29 is 4.74 Å². The van der Waals surface area contributed by atoms with Crippen LogP contribution in [0.2, 0.25) is 0 Å². The third-order valence-corrected chi connectivity index (χ3v) is 6.63. The molecule has 3 aromatic rings. The van der Waals surface area contributed by atoms with Crippen LogP contribution in [0.4, 0.5) is 0 Å². The molecule has 5 heterocycles. The zero-order chi connectivity index (χ0) is 21.4. The van der Waals surface area contributed by atoms with E-state index in [4.69, 9.17) is 9.72 Å². The van der Waals surface area contributed by atoms with Gasteiger partial charge >= 0.3 is 0 Å². The molecule has 2 saturated heterocycles. The van der Waals surface area contributed by atoms with Crippen LogP contribution >= 0.6 is 0 Å². The van der Waals surface area contributed by atoms with E-state index in [1.54, 1.807) is 6.20 Å². The first-order valence-corrected chi connectivity index (χ1v) is 11.2. The minimum absolute atomic E-state index is 0.101. The minimum atomic E-state index is -0.101. The molecule has 0 bridgehead atoms. The van der Waals surface area contributed by atoms with Gasteiger partial charge in [-0.1, -0.05) is 13.3 Å². The van der Waals surface area contributed by atoms with Crippen molar-refractivity contribution in [2.24, 2.45) is 5.92 Å². The molecule has 0 aromatic carbocycles. The van der Waals surface area contributed by atoms with Crippen molar-refractivity contribution in [1.29, 1.82) is 0 Å². The van der Waals surface area contributed by atoms with Crippen molar-refractivity contribution in [3.63, 3.8) is 0 Å². The Morgan fingerprint density at radius 1 is 1.16 bits per heavy atom. The van der Waals surface area contributed by atoms with Gasteiger partial charge in [-0.3, -0.25) is 19.7 Å². The maximum Gasteiger partial charge on any atom is 0.262 e. The molecule has 9 nitrogen and oxygen atoms in total. The summed E-state index contributed by atoms with van der Waals surface area (Å²) in [7, 11) is 0. The predicted octanol–water partition coefficient (Wildman–Crippen LogP) is 2.20. The molecule has 2 aliphatic rings. The standard InChI is InChI=1S/C22H29N7O2/c1-3-15-11-28(12-16-9-23-14(2)8-24-16)13-19(15)20-26-21-18(22(30)27-20)10-25-29(21)17-4-6-31-7-5-17/h8-10,15,17,19H,3-7,11-13H2,1-2H3,(H,26,27,30)/t15-,19-/m1/s1. The van der Waals surface area contributed by atoms with Gasteiger partial charge in [0.15, 0.2) is 5.65 Å². The van der Waals surface area contributed by atoms with Gasteiger partial charge in [-0.25, -0.2) is 9.67 Å². The monoisotopic (exact) mass is 423 g/mol. The Morgan fingerprint density at radius 3 is 2.74 bits per heavy atom. The van der Waals surface area contributed by atoms with Crippen LogP contribution < -0.4 is 5.56 Å². The molecule has 5 rings (SSSR count). The third kappa shape index (κ3) is 3.99. The average Bonchev–Trinajstić information content (AvgIpc) is 3.40. The fraction of sp³-hybridized carbons (Fsp3) is 0.591. The number of hydrogen-bond acceptors (Lipinski definition) is 7. The van der Waals surface area contributed by atoms with E-state index in [0.29, 0.717) is 17.0 Å². The number of ether oxygens (including phenoxy) is 1. The van der Waals surface area contributed by atoms with Crippen molar-refractivity contribution in [3.8, 4) is 0 Å². The van der Waals surface area contributed by atoms with Gasteiger partial charge < -0.3 is 9.72 Å². The summed E-state index contributed by atoms with van der Waals surface area (Å²) in [6, 6.07) is 0.232. The summed E-state index contributed by atoms with van der Waals surface area (Å²) in [6.07, 6.45) is 8.13. The summed E-state index contributed by atoms with van der Waals surface area (Å²) >= 11 is 0. The van der Waals surface area contributed by atoms with E-state index < -0.39 is 0 Å². The maximum absolute atomic E-state index is 12.8. The quantitative estimate of drug-likeness (QED) is 0.671. The summed E-state index contributed by atoms with van der Waals surface area (Å²) in [5, 5.41) is 5.08. The lowest BCUT2D eigenvalue weighted by molar-refractivity contribution is 0.0673. The van der Waals surface area contributed by atoms with Crippen molar-refractivity contribution in [2.45, 2.75) is 51.6 Å². The summed E-state index contributed by atoms with van der Waals surface area (Å²) in [5.41, 5.74) is 2.49. The number of fused-ring (bicyclic) bond motifs is 1. The van der Waals surface area contributed by atoms with Gasteiger partial charge in [-0.05, 0) is 25.7 Å². The van der Waals surface area contributed by atoms with Crippen LogP contribution in [0.5, 0.6) is 0 Å². The molecule has 164 valence electrons. The van der Waals surface area contributed by atoms with Gasteiger partial charge in [-0.2, -0.15) is 5.10 Å². The van der Waals surface area contributed by atoms with E-state index in [-0.39, 0.29) is 17.5 Å². The van der Waals surface area contributed by atoms with Crippen molar-refractivity contribution in [2.75, 3.05) is 26.3 Å². The fourth-order valence-corrected chi connectivity index (χ4v) is 4.87. The Kier molecular flexibility index (Phi) is 5.54. The molecular formula is C22H29N7O2. The largest absolute Gasteiger partial charge is 0.381 e. The van der Waals surface area contributed by atoms with E-state index in [0.717, 1.165) is 69.3 Å². The van der Waals surface area contributed by atoms with Gasteiger partial charge in [0.2, 0.25) is 0 Å². The highest BCUT2D eigenvalue weighted by Gasteiger charge is 2.35. The van der Waals surface area contributed by atoms with Crippen LogP contribution in [-0.2, 0) is 11.3 Å². The molecule has 31 heavy (non-hydrogen) atoms. The van der Waals surface area contributed by atoms with Crippen LogP contribution in [0.1, 0.15) is 55.4 Å². The van der Waals surface area contributed by atoms with E-state index in [9.17, 15) is 4.79 Å². The van der Waals surface area contributed by atoms with Crippen molar-refractivity contribution in [1.82, 2.24) is 34.6 Å². The minimum Gasteiger partial charge on any atom is -0.381 e. The molecule has 2 fully saturated rings. The molecule has 0 aliphatic carbocycles. The lowest BCUT2D eigenvalue weighted by Crippen LogP contribution is -2.23. The number of aromatic nitrogens is 6. The maximum atomic E-state index is 12.8. The van der Waals surface area contributed by atoms with Gasteiger partial charge in [0.1, 0.15) is 11.2 Å². The first kappa shape index (κ1) is 20.3. The number of nitrogens with zero attached hydrogens (tertiary/aromatic N) is 6. The Morgan fingerprint density at radius 2 is 2.00 bits per heavy atom. The summed E-state index contributed by atoms with van der Waals surface area (Å²) < 4.78 is 7.43. The lowest BCUT2D eigenvalue weighted by atomic mass is 9.93. The SMILES string of the molecule is CC[C@@H]1CN(Cc2cnc(C)cn2)C[C@H]1c1nc2c(cnn2C2CCOCC2)c(=O)[nH]1. The van der Waals surface area contributed by atoms with Crippen LogP contribution in [0.3, 0.4) is 0 Å². The topological polar surface area (TPSA) is 102 Å². The molecule has 2 aliphatic heterocycles.